The van der Waals surface area contributed by atoms with Crippen LogP contribution in [0.5, 0.6) is 0 Å². The number of rotatable bonds is 8. The van der Waals surface area contributed by atoms with Gasteiger partial charge in [-0.25, -0.2) is 9.59 Å². The molecule has 9 heteroatoms. The zero-order chi connectivity index (χ0) is 15.7. The molecule has 0 aromatic rings. The lowest BCUT2D eigenvalue weighted by Crippen LogP contribution is -2.49. The Morgan fingerprint density at radius 3 is 2.25 bits per heavy atom. The first-order valence-electron chi connectivity index (χ1n) is 5.88. The topological polar surface area (TPSA) is 133 Å². The highest BCUT2D eigenvalue weighted by molar-refractivity contribution is 5.85. The van der Waals surface area contributed by atoms with Gasteiger partial charge in [0.05, 0.1) is 7.11 Å². The SMILES string of the molecule is CCN(CC(=O)OC)C(=O)NC(CCC(=O)O)C(=O)O. The van der Waals surface area contributed by atoms with Crippen LogP contribution in [0.1, 0.15) is 19.8 Å². The molecule has 0 saturated heterocycles. The molecular weight excluding hydrogens is 272 g/mol. The van der Waals surface area contributed by atoms with Crippen LogP contribution in [0.3, 0.4) is 0 Å². The summed E-state index contributed by atoms with van der Waals surface area (Å²) in [7, 11) is 1.17. The zero-order valence-electron chi connectivity index (χ0n) is 11.3. The second-order valence-electron chi connectivity index (χ2n) is 3.86. The molecule has 0 heterocycles. The van der Waals surface area contributed by atoms with Crippen molar-refractivity contribution in [1.82, 2.24) is 10.2 Å². The van der Waals surface area contributed by atoms with Crippen molar-refractivity contribution in [1.29, 1.82) is 0 Å². The fraction of sp³-hybridized carbons (Fsp3) is 0.636. The molecule has 0 spiro atoms. The van der Waals surface area contributed by atoms with Gasteiger partial charge in [-0.1, -0.05) is 0 Å². The molecule has 0 aliphatic rings. The maximum absolute atomic E-state index is 11.8. The van der Waals surface area contributed by atoms with Crippen LogP contribution in [0.4, 0.5) is 4.79 Å². The first-order valence-corrected chi connectivity index (χ1v) is 5.88. The van der Waals surface area contributed by atoms with Gasteiger partial charge in [-0.05, 0) is 13.3 Å². The van der Waals surface area contributed by atoms with Gasteiger partial charge in [0.2, 0.25) is 0 Å². The predicted octanol–water partition coefficient (Wildman–Crippen LogP) is -0.491. The van der Waals surface area contributed by atoms with Crippen LogP contribution < -0.4 is 5.32 Å². The minimum atomic E-state index is -1.34. The molecule has 0 rings (SSSR count). The highest BCUT2D eigenvalue weighted by atomic mass is 16.5. The number of nitrogens with one attached hydrogen (secondary N) is 1. The number of esters is 1. The summed E-state index contributed by atoms with van der Waals surface area (Å²) in [5.41, 5.74) is 0. The molecule has 0 saturated carbocycles. The van der Waals surface area contributed by atoms with Crippen LogP contribution in [0.2, 0.25) is 0 Å². The number of amides is 2. The Kier molecular flexibility index (Phi) is 7.71. The van der Waals surface area contributed by atoms with Gasteiger partial charge in [0, 0.05) is 13.0 Å². The molecule has 114 valence electrons. The largest absolute Gasteiger partial charge is 0.481 e. The van der Waals surface area contributed by atoms with E-state index in [9.17, 15) is 19.2 Å². The van der Waals surface area contributed by atoms with E-state index < -0.39 is 30.0 Å². The normalized spacial score (nSPS) is 11.3. The number of ether oxygens (including phenoxy) is 1. The molecule has 2 amide bonds. The third kappa shape index (κ3) is 6.57. The van der Waals surface area contributed by atoms with Gasteiger partial charge in [-0.15, -0.1) is 0 Å². The summed E-state index contributed by atoms with van der Waals surface area (Å²) in [4.78, 5) is 45.3. The molecule has 1 unspecified atom stereocenters. The maximum Gasteiger partial charge on any atom is 0.326 e. The molecule has 3 N–H and O–H groups in total. The summed E-state index contributed by atoms with van der Waals surface area (Å²) in [6, 6.07) is -2.10. The zero-order valence-corrected chi connectivity index (χ0v) is 11.3. The van der Waals surface area contributed by atoms with Gasteiger partial charge in [-0.2, -0.15) is 0 Å². The minimum Gasteiger partial charge on any atom is -0.481 e. The Balaban J connectivity index is 4.59. The average molecular weight is 290 g/mol. The van der Waals surface area contributed by atoms with Gasteiger partial charge in [-0.3, -0.25) is 9.59 Å². The number of carbonyl (C=O) groups is 4. The van der Waals surface area contributed by atoms with Gasteiger partial charge in [0.1, 0.15) is 12.6 Å². The lowest BCUT2D eigenvalue weighted by Gasteiger charge is -2.22. The van der Waals surface area contributed by atoms with Gasteiger partial charge >= 0.3 is 23.9 Å². The second-order valence-corrected chi connectivity index (χ2v) is 3.86. The minimum absolute atomic E-state index is 0.173. The number of aliphatic carboxylic acids is 2. The van der Waals surface area contributed by atoms with Gasteiger partial charge in [0.25, 0.3) is 0 Å². The quantitative estimate of drug-likeness (QED) is 0.513. The van der Waals surface area contributed by atoms with Gasteiger partial charge < -0.3 is 25.2 Å². The summed E-state index contributed by atoms with van der Waals surface area (Å²) in [6.45, 7) is 1.46. The molecule has 0 radical (unpaired) electrons. The Morgan fingerprint density at radius 2 is 1.85 bits per heavy atom. The lowest BCUT2D eigenvalue weighted by molar-refractivity contribution is -0.141. The van der Waals surface area contributed by atoms with E-state index in [1.165, 1.54) is 7.11 Å². The summed E-state index contributed by atoms with van der Waals surface area (Å²) >= 11 is 0. The molecule has 0 fully saturated rings. The van der Waals surface area contributed by atoms with Crippen molar-refractivity contribution in [2.24, 2.45) is 0 Å². The molecule has 0 aromatic carbocycles. The third-order valence-electron chi connectivity index (χ3n) is 2.46. The average Bonchev–Trinajstić information content (AvgIpc) is 2.39. The molecule has 1 atom stereocenters. The Hall–Kier alpha value is -2.32. The Labute approximate surface area is 115 Å². The van der Waals surface area contributed by atoms with E-state index in [4.69, 9.17) is 10.2 Å². The van der Waals surface area contributed by atoms with Crippen molar-refractivity contribution in [3.05, 3.63) is 0 Å². The number of carboxylic acid groups (broad SMARTS) is 2. The van der Waals surface area contributed by atoms with Crippen LogP contribution in [0, 0.1) is 0 Å². The number of likely N-dealkylation sites (N-methyl/N-ethyl adjacent to an activating group) is 1. The molecule has 0 aliphatic carbocycles. The van der Waals surface area contributed by atoms with E-state index in [-0.39, 0.29) is 25.9 Å². The first-order chi connectivity index (χ1) is 9.31. The van der Waals surface area contributed by atoms with Crippen molar-refractivity contribution >= 4 is 23.9 Å². The molecule has 9 nitrogen and oxygen atoms in total. The number of carboxylic acids is 2. The highest BCUT2D eigenvalue weighted by Crippen LogP contribution is 2.00. The summed E-state index contributed by atoms with van der Waals surface area (Å²) < 4.78 is 4.41. The van der Waals surface area contributed by atoms with E-state index in [1.807, 2.05) is 0 Å². The van der Waals surface area contributed by atoms with Crippen LogP contribution >= 0.6 is 0 Å². The van der Waals surface area contributed by atoms with Crippen molar-refractivity contribution in [3.8, 4) is 0 Å². The van der Waals surface area contributed by atoms with Crippen molar-refractivity contribution < 1.29 is 34.1 Å². The standard InChI is InChI=1S/C11H18N2O7/c1-3-13(6-9(16)20-2)11(19)12-7(10(17)18)4-5-8(14)15/h7H,3-6H2,1-2H3,(H,12,19)(H,14,15)(H,17,18). The van der Waals surface area contributed by atoms with Crippen molar-refractivity contribution in [3.63, 3.8) is 0 Å². The van der Waals surface area contributed by atoms with Crippen molar-refractivity contribution in [2.75, 3.05) is 20.2 Å². The summed E-state index contributed by atoms with van der Waals surface area (Å²) in [6.07, 6.45) is -0.632. The maximum atomic E-state index is 11.8. The summed E-state index contributed by atoms with van der Waals surface area (Å²) in [5, 5.41) is 19.6. The molecule has 0 bridgehead atoms. The summed E-state index contributed by atoms with van der Waals surface area (Å²) in [5.74, 6) is -3.14. The number of hydrogen-bond acceptors (Lipinski definition) is 5. The van der Waals surface area contributed by atoms with Gasteiger partial charge in [0.15, 0.2) is 0 Å². The Bertz CT molecular complexity index is 383. The van der Waals surface area contributed by atoms with E-state index >= 15 is 0 Å². The van der Waals surface area contributed by atoms with E-state index in [0.29, 0.717) is 0 Å². The fourth-order valence-corrected chi connectivity index (χ4v) is 1.31. The number of methoxy groups -OCH3 is 1. The molecule has 0 aromatic heterocycles. The predicted molar refractivity (Wildman–Crippen MR) is 66.1 cm³/mol. The lowest BCUT2D eigenvalue weighted by atomic mass is 10.1. The van der Waals surface area contributed by atoms with Crippen LogP contribution in [0.25, 0.3) is 0 Å². The van der Waals surface area contributed by atoms with Crippen LogP contribution in [0.15, 0.2) is 0 Å². The smallest absolute Gasteiger partial charge is 0.326 e. The number of nitrogens with zero attached hydrogens (tertiary/aromatic N) is 1. The van der Waals surface area contributed by atoms with Crippen LogP contribution in [-0.4, -0.2) is 65.3 Å². The highest BCUT2D eigenvalue weighted by Gasteiger charge is 2.24. The first kappa shape index (κ1) is 17.7. The van der Waals surface area contributed by atoms with E-state index in [0.717, 1.165) is 4.90 Å². The monoisotopic (exact) mass is 290 g/mol. The van der Waals surface area contributed by atoms with Crippen LogP contribution in [-0.2, 0) is 19.1 Å². The molecular formula is C11H18N2O7. The fourth-order valence-electron chi connectivity index (χ4n) is 1.31. The number of urea groups is 1. The number of hydrogen-bond donors (Lipinski definition) is 3. The van der Waals surface area contributed by atoms with E-state index in [2.05, 4.69) is 10.1 Å². The second kappa shape index (κ2) is 8.73. The molecule has 0 aliphatic heterocycles. The van der Waals surface area contributed by atoms with Crippen molar-refractivity contribution in [2.45, 2.75) is 25.8 Å². The third-order valence-corrected chi connectivity index (χ3v) is 2.46. The van der Waals surface area contributed by atoms with E-state index in [1.54, 1.807) is 6.92 Å². The number of carbonyl (C=O) groups excluding carboxylic acids is 2. The Morgan fingerprint density at radius 1 is 1.25 bits per heavy atom. The molecule has 20 heavy (non-hydrogen) atoms.